The second kappa shape index (κ2) is 8.29. The highest BCUT2D eigenvalue weighted by atomic mass is 19.3. The number of halogens is 2. The van der Waals surface area contributed by atoms with E-state index in [1.807, 2.05) is 6.92 Å². The Hall–Kier alpha value is -2.63. The summed E-state index contributed by atoms with van der Waals surface area (Å²) in [5.41, 5.74) is 1.67. The van der Waals surface area contributed by atoms with Gasteiger partial charge in [0.1, 0.15) is 11.5 Å². The molecule has 2 aromatic carbocycles. The largest absolute Gasteiger partial charge is 0.497 e. The molecule has 0 unspecified atom stereocenters. The Labute approximate surface area is 139 Å². The van der Waals surface area contributed by atoms with E-state index in [1.54, 1.807) is 37.4 Å². The van der Waals surface area contributed by atoms with E-state index >= 15 is 0 Å². The number of carbonyl (C=O) groups is 1. The lowest BCUT2D eigenvalue weighted by atomic mass is 10.0. The smallest absolute Gasteiger partial charge is 0.387 e. The molecule has 24 heavy (non-hydrogen) atoms. The average Bonchev–Trinajstić information content (AvgIpc) is 2.56. The molecule has 0 atom stereocenters. The van der Waals surface area contributed by atoms with E-state index in [0.29, 0.717) is 29.0 Å². The lowest BCUT2D eigenvalue weighted by molar-refractivity contribution is -0.116. The summed E-state index contributed by atoms with van der Waals surface area (Å²) in [5.74, 6) is 0.576. The molecule has 0 aliphatic rings. The van der Waals surface area contributed by atoms with Crippen LogP contribution in [0, 0.1) is 0 Å². The van der Waals surface area contributed by atoms with Gasteiger partial charge in [-0.1, -0.05) is 19.1 Å². The number of hydrogen-bond acceptors (Lipinski definition) is 3. The van der Waals surface area contributed by atoms with Gasteiger partial charge in [-0.2, -0.15) is 8.78 Å². The van der Waals surface area contributed by atoms with Gasteiger partial charge in [-0.05, 0) is 42.3 Å². The van der Waals surface area contributed by atoms with Gasteiger partial charge in [-0.15, -0.1) is 0 Å². The lowest BCUT2D eigenvalue weighted by Crippen LogP contribution is -2.11. The number of carbonyl (C=O) groups excluding carboxylic acids is 1. The van der Waals surface area contributed by atoms with Gasteiger partial charge < -0.3 is 14.8 Å². The molecular formula is C18H19F2NO3. The highest BCUT2D eigenvalue weighted by Crippen LogP contribution is 2.34. The van der Waals surface area contributed by atoms with Crippen LogP contribution < -0.4 is 14.8 Å². The summed E-state index contributed by atoms with van der Waals surface area (Å²) in [6, 6.07) is 11.5. The second-order valence-corrected chi connectivity index (χ2v) is 5.12. The molecule has 0 saturated heterocycles. The molecule has 0 spiro atoms. The van der Waals surface area contributed by atoms with Crippen LogP contribution in [0.5, 0.6) is 11.5 Å². The number of ether oxygens (including phenoxy) is 2. The van der Waals surface area contributed by atoms with E-state index in [2.05, 4.69) is 10.1 Å². The van der Waals surface area contributed by atoms with Crippen LogP contribution in [-0.4, -0.2) is 19.6 Å². The number of rotatable bonds is 7. The Morgan fingerprint density at radius 3 is 2.46 bits per heavy atom. The summed E-state index contributed by atoms with van der Waals surface area (Å²) in [6.07, 6.45) is 1.12. The van der Waals surface area contributed by atoms with Crippen LogP contribution in [0.1, 0.15) is 19.8 Å². The Bertz CT molecular complexity index is 687. The maximum absolute atomic E-state index is 12.6. The number of benzene rings is 2. The maximum atomic E-state index is 12.6. The van der Waals surface area contributed by atoms with Crippen molar-refractivity contribution in [1.82, 2.24) is 0 Å². The van der Waals surface area contributed by atoms with Gasteiger partial charge in [-0.25, -0.2) is 0 Å². The predicted molar refractivity (Wildman–Crippen MR) is 88.6 cm³/mol. The van der Waals surface area contributed by atoms with Crippen molar-refractivity contribution in [3.05, 3.63) is 42.5 Å². The molecule has 0 fully saturated rings. The summed E-state index contributed by atoms with van der Waals surface area (Å²) in [4.78, 5) is 11.7. The molecule has 0 bridgehead atoms. The van der Waals surface area contributed by atoms with Gasteiger partial charge >= 0.3 is 6.61 Å². The zero-order chi connectivity index (χ0) is 17.5. The summed E-state index contributed by atoms with van der Waals surface area (Å²) in [5, 5.41) is 2.75. The molecule has 2 rings (SSSR count). The molecule has 2 aromatic rings. The van der Waals surface area contributed by atoms with Crippen LogP contribution in [-0.2, 0) is 4.79 Å². The zero-order valence-electron chi connectivity index (χ0n) is 13.5. The summed E-state index contributed by atoms with van der Waals surface area (Å²) < 4.78 is 34.9. The molecule has 1 N–H and O–H groups in total. The van der Waals surface area contributed by atoms with Crippen LogP contribution in [0.25, 0.3) is 11.1 Å². The molecule has 6 heteroatoms. The number of alkyl halides is 2. The third-order valence-electron chi connectivity index (χ3n) is 3.36. The first-order valence-corrected chi connectivity index (χ1v) is 7.56. The van der Waals surface area contributed by atoms with E-state index in [9.17, 15) is 13.6 Å². The number of amides is 1. The fraction of sp³-hybridized carbons (Fsp3) is 0.278. The van der Waals surface area contributed by atoms with E-state index < -0.39 is 6.61 Å². The quantitative estimate of drug-likeness (QED) is 0.798. The van der Waals surface area contributed by atoms with Crippen molar-refractivity contribution in [2.45, 2.75) is 26.4 Å². The van der Waals surface area contributed by atoms with Crippen molar-refractivity contribution in [3.8, 4) is 22.6 Å². The third-order valence-corrected chi connectivity index (χ3v) is 3.36. The number of nitrogens with one attached hydrogen (secondary N) is 1. The molecule has 128 valence electrons. The van der Waals surface area contributed by atoms with E-state index in [1.165, 1.54) is 12.1 Å². The van der Waals surface area contributed by atoms with Crippen LogP contribution in [0.15, 0.2) is 42.5 Å². The molecule has 0 aliphatic heterocycles. The highest BCUT2D eigenvalue weighted by Gasteiger charge is 2.13. The Kier molecular flexibility index (Phi) is 6.12. The minimum atomic E-state index is -2.93. The first-order chi connectivity index (χ1) is 11.5. The molecule has 0 radical (unpaired) electrons. The fourth-order valence-corrected chi connectivity index (χ4v) is 2.25. The third kappa shape index (κ3) is 4.68. The normalized spacial score (nSPS) is 10.5. The highest BCUT2D eigenvalue weighted by molar-refractivity contribution is 5.92. The first-order valence-electron chi connectivity index (χ1n) is 7.56. The van der Waals surface area contributed by atoms with Crippen molar-refractivity contribution in [3.63, 3.8) is 0 Å². The summed E-state index contributed by atoms with van der Waals surface area (Å²) in [7, 11) is 1.55. The van der Waals surface area contributed by atoms with Gasteiger partial charge in [0, 0.05) is 17.7 Å². The Balaban J connectivity index is 2.37. The lowest BCUT2D eigenvalue weighted by Gasteiger charge is -2.14. The van der Waals surface area contributed by atoms with E-state index in [-0.39, 0.29) is 11.7 Å². The van der Waals surface area contributed by atoms with Crippen LogP contribution in [0.4, 0.5) is 14.5 Å². The molecule has 0 aromatic heterocycles. The van der Waals surface area contributed by atoms with Crippen molar-refractivity contribution >= 4 is 11.6 Å². The Morgan fingerprint density at radius 1 is 1.17 bits per heavy atom. The zero-order valence-corrected chi connectivity index (χ0v) is 13.5. The van der Waals surface area contributed by atoms with E-state index in [4.69, 9.17) is 4.74 Å². The van der Waals surface area contributed by atoms with Gasteiger partial charge in [0.2, 0.25) is 5.91 Å². The van der Waals surface area contributed by atoms with Gasteiger partial charge in [0.25, 0.3) is 0 Å². The van der Waals surface area contributed by atoms with Gasteiger partial charge in [-0.3, -0.25) is 4.79 Å². The monoisotopic (exact) mass is 335 g/mol. The van der Waals surface area contributed by atoms with Gasteiger partial charge in [0.05, 0.1) is 7.11 Å². The fourth-order valence-electron chi connectivity index (χ4n) is 2.25. The van der Waals surface area contributed by atoms with Crippen molar-refractivity contribution in [2.24, 2.45) is 0 Å². The van der Waals surface area contributed by atoms with Crippen LogP contribution >= 0.6 is 0 Å². The number of hydrogen-bond donors (Lipinski definition) is 1. The number of methoxy groups -OCH3 is 1. The standard InChI is InChI=1S/C18H19F2NO3/c1-3-4-17(22)21-13-7-10-16(24-18(19)20)15(11-13)12-5-8-14(23-2)9-6-12/h5-11,18H,3-4H2,1-2H3,(H,21,22). The maximum Gasteiger partial charge on any atom is 0.387 e. The molecular weight excluding hydrogens is 316 g/mol. The average molecular weight is 335 g/mol. The van der Waals surface area contributed by atoms with Crippen molar-refractivity contribution in [1.29, 1.82) is 0 Å². The second-order valence-electron chi connectivity index (χ2n) is 5.12. The van der Waals surface area contributed by atoms with Crippen molar-refractivity contribution in [2.75, 3.05) is 12.4 Å². The first kappa shape index (κ1) is 17.7. The summed E-state index contributed by atoms with van der Waals surface area (Å²) >= 11 is 0. The molecule has 0 aliphatic carbocycles. The minimum Gasteiger partial charge on any atom is -0.497 e. The molecule has 0 saturated carbocycles. The minimum absolute atomic E-state index is 0.0451. The van der Waals surface area contributed by atoms with Crippen LogP contribution in [0.2, 0.25) is 0 Å². The SMILES string of the molecule is CCCC(=O)Nc1ccc(OC(F)F)c(-c2ccc(OC)cc2)c1. The Morgan fingerprint density at radius 2 is 1.88 bits per heavy atom. The molecule has 4 nitrogen and oxygen atoms in total. The number of anilines is 1. The molecule has 0 heterocycles. The summed E-state index contributed by atoms with van der Waals surface area (Å²) in [6.45, 7) is -1.02. The predicted octanol–water partition coefficient (Wildman–Crippen LogP) is 4.70. The topological polar surface area (TPSA) is 47.6 Å². The van der Waals surface area contributed by atoms with Crippen LogP contribution in [0.3, 0.4) is 0 Å². The van der Waals surface area contributed by atoms with Crippen molar-refractivity contribution < 1.29 is 23.0 Å². The van der Waals surface area contributed by atoms with E-state index in [0.717, 1.165) is 6.42 Å². The van der Waals surface area contributed by atoms with Gasteiger partial charge in [0.15, 0.2) is 0 Å². The molecule has 1 amide bonds.